The van der Waals surface area contributed by atoms with Gasteiger partial charge in [-0.15, -0.1) is 0 Å². The number of carbonyl (C=O) groups is 3. The lowest BCUT2D eigenvalue weighted by Crippen LogP contribution is -2.65. The molecule has 1 aliphatic carbocycles. The number of hydrogen-bond donors (Lipinski definition) is 6. The first-order valence-electron chi connectivity index (χ1n) is 16.0. The average molecular weight is 693 g/mol. The normalized spacial score (nSPS) is 16.8. The molecule has 0 saturated carbocycles. The van der Waals surface area contributed by atoms with E-state index in [9.17, 15) is 31.9 Å². The molecule has 1 aliphatic rings. The zero-order valence-electron chi connectivity index (χ0n) is 27.6. The average Bonchev–Trinajstić information content (AvgIpc) is 3.42. The van der Waals surface area contributed by atoms with Gasteiger partial charge in [0.25, 0.3) is 0 Å². The van der Waals surface area contributed by atoms with E-state index in [0.29, 0.717) is 28.6 Å². The Bertz CT molecular complexity index is 1590. The SMILES string of the molecule is CCCC.CC[C@H](C)C(NC(=O)C1(NC(=O)CNC(=O)NCc2ccc(F)cc2)CCc2[nH]c3c(C(F)(F)F)cccc3c2C1)C(N)=S. The second-order valence-electron chi connectivity index (χ2n) is 12.0. The van der Waals surface area contributed by atoms with Crippen LogP contribution in [0, 0.1) is 11.7 Å². The first-order valence-corrected chi connectivity index (χ1v) is 16.4. The third kappa shape index (κ3) is 9.68. The minimum atomic E-state index is -4.60. The summed E-state index contributed by atoms with van der Waals surface area (Å²) in [4.78, 5) is 42.4. The first kappa shape index (κ1) is 38.2. The predicted octanol–water partition coefficient (Wildman–Crippen LogP) is 5.79. The van der Waals surface area contributed by atoms with Crippen molar-refractivity contribution in [3.05, 3.63) is 70.7 Å². The number of urea groups is 1. The maximum Gasteiger partial charge on any atom is 0.418 e. The number of nitrogens with two attached hydrogens (primary N) is 1. The van der Waals surface area contributed by atoms with Gasteiger partial charge < -0.3 is 32.0 Å². The van der Waals surface area contributed by atoms with E-state index < -0.39 is 53.5 Å². The number of aromatic nitrogens is 1. The monoisotopic (exact) mass is 692 g/mol. The molecule has 262 valence electrons. The van der Waals surface area contributed by atoms with Gasteiger partial charge in [-0.25, -0.2) is 9.18 Å². The molecule has 7 N–H and O–H groups in total. The number of fused-ring (bicyclic) bond motifs is 3. The van der Waals surface area contributed by atoms with Crippen molar-refractivity contribution < 1.29 is 31.9 Å². The molecule has 0 saturated heterocycles. The number of unbranched alkanes of at least 4 members (excludes halogenated alkanes) is 1. The standard InChI is InChI=1S/C30H34F4N6O3S.C4H10/c1-3-16(2)24(26(35)44)39-27(42)29(40-23(41)15-37-28(43)36-14-17-7-9-18(31)10-8-17)12-11-22-20(13-29)19-5-4-6-21(25(19)38-22)30(32,33)34;1-3-4-2/h4-10,16,24,38H,3,11-15H2,1-2H3,(H2,35,44)(H,39,42)(H,40,41)(H2,36,37,43);3-4H2,1-2H3/t16-,24?,29?;/m0./s1. The molecule has 3 aromatic rings. The number of halogens is 4. The van der Waals surface area contributed by atoms with E-state index in [4.69, 9.17) is 18.0 Å². The van der Waals surface area contributed by atoms with Crippen molar-refractivity contribution in [3.63, 3.8) is 0 Å². The van der Waals surface area contributed by atoms with Crippen molar-refractivity contribution >= 4 is 46.0 Å². The van der Waals surface area contributed by atoms with Crippen LogP contribution in [0.5, 0.6) is 0 Å². The van der Waals surface area contributed by atoms with Gasteiger partial charge in [-0.05, 0) is 48.1 Å². The van der Waals surface area contributed by atoms with Crippen LogP contribution in [0.25, 0.3) is 10.9 Å². The van der Waals surface area contributed by atoms with Gasteiger partial charge in [-0.1, -0.05) is 83.4 Å². The molecule has 4 amide bonds. The van der Waals surface area contributed by atoms with Crippen molar-refractivity contribution in [1.29, 1.82) is 0 Å². The maximum absolute atomic E-state index is 13.9. The number of para-hydroxylation sites is 1. The summed E-state index contributed by atoms with van der Waals surface area (Å²) < 4.78 is 54.4. The first-order chi connectivity index (χ1) is 22.6. The van der Waals surface area contributed by atoms with Crippen LogP contribution in [0.2, 0.25) is 0 Å². The quantitative estimate of drug-likeness (QED) is 0.112. The molecule has 4 rings (SSSR count). The highest BCUT2D eigenvalue weighted by atomic mass is 32.1. The Balaban J connectivity index is 0.00000148. The van der Waals surface area contributed by atoms with Gasteiger partial charge in [-0.3, -0.25) is 9.59 Å². The molecule has 2 unspecified atom stereocenters. The number of carbonyl (C=O) groups excluding carboxylic acids is 3. The Labute approximate surface area is 283 Å². The second-order valence-corrected chi connectivity index (χ2v) is 12.5. The Kier molecular flexibility index (Phi) is 13.4. The fraction of sp³-hybridized carbons (Fsp3) is 0.471. The lowest BCUT2D eigenvalue weighted by Gasteiger charge is -2.38. The summed E-state index contributed by atoms with van der Waals surface area (Å²) in [5, 5.41) is 10.9. The Hall–Kier alpha value is -4.20. The van der Waals surface area contributed by atoms with Gasteiger partial charge in [0.05, 0.1) is 28.7 Å². The summed E-state index contributed by atoms with van der Waals surface area (Å²) in [5.41, 5.74) is 5.10. The molecule has 0 aliphatic heterocycles. The Morgan fingerprint density at radius 1 is 1.04 bits per heavy atom. The minimum Gasteiger partial charge on any atom is -0.392 e. The summed E-state index contributed by atoms with van der Waals surface area (Å²) in [5.74, 6) is -1.82. The summed E-state index contributed by atoms with van der Waals surface area (Å²) >= 11 is 5.19. The van der Waals surface area contributed by atoms with Crippen LogP contribution < -0.4 is 27.0 Å². The minimum absolute atomic E-state index is 0.0621. The number of rotatable bonds is 11. The topological polar surface area (TPSA) is 141 Å². The van der Waals surface area contributed by atoms with E-state index in [1.54, 1.807) is 6.07 Å². The molecule has 0 fully saturated rings. The highest BCUT2D eigenvalue weighted by molar-refractivity contribution is 7.80. The van der Waals surface area contributed by atoms with Gasteiger partial charge in [0.1, 0.15) is 11.4 Å². The van der Waals surface area contributed by atoms with Crippen molar-refractivity contribution in [2.45, 2.75) is 90.5 Å². The fourth-order valence-electron chi connectivity index (χ4n) is 5.39. The fourth-order valence-corrected chi connectivity index (χ4v) is 5.68. The number of hydrogen-bond acceptors (Lipinski definition) is 4. The number of aromatic amines is 1. The highest BCUT2D eigenvalue weighted by Crippen LogP contribution is 2.40. The number of alkyl halides is 3. The van der Waals surface area contributed by atoms with Crippen LogP contribution in [0.15, 0.2) is 42.5 Å². The zero-order valence-corrected chi connectivity index (χ0v) is 28.4. The van der Waals surface area contributed by atoms with Gasteiger partial charge in [0.15, 0.2) is 0 Å². The van der Waals surface area contributed by atoms with Crippen LogP contribution in [0.3, 0.4) is 0 Å². The largest absolute Gasteiger partial charge is 0.418 e. The molecule has 0 radical (unpaired) electrons. The second kappa shape index (κ2) is 16.8. The van der Waals surface area contributed by atoms with E-state index in [2.05, 4.69) is 40.1 Å². The molecule has 0 bridgehead atoms. The van der Waals surface area contributed by atoms with Gasteiger partial charge >= 0.3 is 12.2 Å². The number of benzene rings is 2. The number of amides is 4. The van der Waals surface area contributed by atoms with Crippen molar-refractivity contribution in [2.75, 3.05) is 6.54 Å². The molecule has 1 heterocycles. The van der Waals surface area contributed by atoms with Crippen LogP contribution in [-0.4, -0.2) is 45.9 Å². The number of aryl methyl sites for hydroxylation is 1. The summed E-state index contributed by atoms with van der Waals surface area (Å²) in [6.45, 7) is 7.72. The molecule has 0 spiro atoms. The third-order valence-corrected chi connectivity index (χ3v) is 8.76. The highest BCUT2D eigenvalue weighted by Gasteiger charge is 2.45. The van der Waals surface area contributed by atoms with Gasteiger partial charge in [0.2, 0.25) is 11.8 Å². The van der Waals surface area contributed by atoms with Gasteiger partial charge in [0, 0.05) is 24.0 Å². The number of H-pyrrole nitrogens is 1. The molecular formula is C34H44F4N6O3S. The van der Waals surface area contributed by atoms with E-state index >= 15 is 0 Å². The number of thiocarbonyl (C=S) groups is 1. The molecule has 48 heavy (non-hydrogen) atoms. The molecule has 9 nitrogen and oxygen atoms in total. The van der Waals surface area contributed by atoms with Crippen molar-refractivity contribution in [1.82, 2.24) is 26.3 Å². The molecule has 2 aromatic carbocycles. The molecular weight excluding hydrogens is 648 g/mol. The van der Waals surface area contributed by atoms with E-state index in [0.717, 1.165) is 6.07 Å². The van der Waals surface area contributed by atoms with E-state index in [1.165, 1.54) is 43.2 Å². The van der Waals surface area contributed by atoms with Crippen LogP contribution in [0.1, 0.15) is 75.8 Å². The zero-order chi connectivity index (χ0) is 35.6. The lowest BCUT2D eigenvalue weighted by molar-refractivity contribution is -0.136. The maximum atomic E-state index is 13.9. The summed E-state index contributed by atoms with van der Waals surface area (Å²) in [7, 11) is 0. The predicted molar refractivity (Wildman–Crippen MR) is 182 cm³/mol. The Morgan fingerprint density at radius 2 is 1.71 bits per heavy atom. The molecule has 3 atom stereocenters. The van der Waals surface area contributed by atoms with Crippen LogP contribution in [-0.2, 0) is 35.2 Å². The summed E-state index contributed by atoms with van der Waals surface area (Å²) in [6.07, 6.45) is -1.19. The third-order valence-electron chi connectivity index (χ3n) is 8.51. The van der Waals surface area contributed by atoms with Crippen LogP contribution >= 0.6 is 12.2 Å². The molecule has 14 heteroatoms. The lowest BCUT2D eigenvalue weighted by atomic mass is 9.78. The van der Waals surface area contributed by atoms with Crippen molar-refractivity contribution in [2.24, 2.45) is 11.7 Å². The smallest absolute Gasteiger partial charge is 0.392 e. The van der Waals surface area contributed by atoms with E-state index in [-0.39, 0.29) is 42.2 Å². The van der Waals surface area contributed by atoms with E-state index in [1.807, 2.05) is 13.8 Å². The molecule has 1 aromatic heterocycles. The Morgan fingerprint density at radius 3 is 2.29 bits per heavy atom. The van der Waals surface area contributed by atoms with Crippen LogP contribution in [0.4, 0.5) is 22.4 Å². The number of nitrogens with one attached hydrogen (secondary N) is 5. The van der Waals surface area contributed by atoms with Crippen molar-refractivity contribution in [3.8, 4) is 0 Å². The van der Waals surface area contributed by atoms with Gasteiger partial charge in [-0.2, -0.15) is 13.2 Å². The summed E-state index contributed by atoms with van der Waals surface area (Å²) in [6, 6.07) is 7.98.